The standard InChI is InChI=1S/C26H28N4O5/c1-4-5-13-35-26(33)17-9-11-19(12-10-17)27-22(31)15-21-25(32)28-24-23(16(2)29-30(21)24)18-7-6-8-20(14-18)34-3/h6-12,14,21H,4-5,13,15H2,1-3H3,(H,27,31)(H,28,32). The third-order valence-electron chi connectivity index (χ3n) is 5.80. The number of anilines is 2. The second-order valence-electron chi connectivity index (χ2n) is 8.31. The molecule has 1 aliphatic heterocycles. The van der Waals surface area contributed by atoms with Gasteiger partial charge >= 0.3 is 5.97 Å². The van der Waals surface area contributed by atoms with Crippen LogP contribution in [0.25, 0.3) is 11.1 Å². The van der Waals surface area contributed by atoms with Crippen molar-refractivity contribution in [3.8, 4) is 16.9 Å². The third-order valence-corrected chi connectivity index (χ3v) is 5.80. The number of unbranched alkanes of at least 4 members (excludes halogenated alkanes) is 1. The number of nitrogens with zero attached hydrogens (tertiary/aromatic N) is 2. The van der Waals surface area contributed by atoms with E-state index >= 15 is 0 Å². The van der Waals surface area contributed by atoms with E-state index in [1.807, 2.05) is 38.1 Å². The quantitative estimate of drug-likeness (QED) is 0.351. The number of rotatable bonds is 9. The minimum absolute atomic E-state index is 0.0850. The van der Waals surface area contributed by atoms with E-state index in [1.54, 1.807) is 36.1 Å². The molecule has 0 fully saturated rings. The molecule has 2 aromatic carbocycles. The number of aryl methyl sites for hydroxylation is 1. The molecule has 35 heavy (non-hydrogen) atoms. The van der Waals surface area contributed by atoms with Gasteiger partial charge in [0.2, 0.25) is 5.91 Å². The van der Waals surface area contributed by atoms with Gasteiger partial charge in [0.15, 0.2) is 0 Å². The molecule has 1 aromatic heterocycles. The van der Waals surface area contributed by atoms with Gasteiger partial charge in [-0.1, -0.05) is 25.5 Å². The SMILES string of the molecule is CCCCOC(=O)c1ccc(NC(=O)CC2C(=O)Nc3c(-c4cccc(OC)c4)c(C)nn32)cc1. The molecule has 9 nitrogen and oxygen atoms in total. The fraction of sp³-hybridized carbons (Fsp3) is 0.308. The average Bonchev–Trinajstić information content (AvgIpc) is 3.32. The molecule has 1 aliphatic rings. The summed E-state index contributed by atoms with van der Waals surface area (Å²) in [6.07, 6.45) is 1.67. The summed E-state index contributed by atoms with van der Waals surface area (Å²) in [5.74, 6) is 0.225. The molecule has 0 radical (unpaired) electrons. The lowest BCUT2D eigenvalue weighted by Gasteiger charge is -2.10. The molecule has 2 N–H and O–H groups in total. The number of hydrogen-bond donors (Lipinski definition) is 2. The highest BCUT2D eigenvalue weighted by atomic mass is 16.5. The van der Waals surface area contributed by atoms with Crippen LogP contribution in [0.3, 0.4) is 0 Å². The zero-order chi connectivity index (χ0) is 24.9. The second kappa shape index (κ2) is 10.4. The molecule has 182 valence electrons. The summed E-state index contributed by atoms with van der Waals surface area (Å²) in [7, 11) is 1.59. The van der Waals surface area contributed by atoms with Crippen LogP contribution in [0.5, 0.6) is 5.75 Å². The van der Waals surface area contributed by atoms with Gasteiger partial charge in [0.1, 0.15) is 17.6 Å². The Kier molecular flexibility index (Phi) is 7.14. The lowest BCUT2D eigenvalue weighted by atomic mass is 10.1. The number of aromatic nitrogens is 2. The number of carbonyl (C=O) groups is 3. The van der Waals surface area contributed by atoms with Crippen molar-refractivity contribution in [1.29, 1.82) is 0 Å². The van der Waals surface area contributed by atoms with Gasteiger partial charge in [-0.25, -0.2) is 9.48 Å². The largest absolute Gasteiger partial charge is 0.497 e. The zero-order valence-corrected chi connectivity index (χ0v) is 20.0. The number of amides is 2. The number of esters is 1. The van der Waals surface area contributed by atoms with E-state index in [0.717, 1.165) is 29.7 Å². The maximum absolute atomic E-state index is 12.7. The number of fused-ring (bicyclic) bond motifs is 1. The smallest absolute Gasteiger partial charge is 0.338 e. The lowest BCUT2D eigenvalue weighted by Crippen LogP contribution is -2.23. The fourth-order valence-electron chi connectivity index (χ4n) is 3.98. The van der Waals surface area contributed by atoms with Crippen molar-refractivity contribution >= 4 is 29.3 Å². The zero-order valence-electron chi connectivity index (χ0n) is 20.0. The van der Waals surface area contributed by atoms with Crippen LogP contribution in [0.15, 0.2) is 48.5 Å². The number of methoxy groups -OCH3 is 1. The van der Waals surface area contributed by atoms with Crippen LogP contribution in [-0.4, -0.2) is 41.3 Å². The molecule has 4 rings (SSSR count). The Morgan fingerprint density at radius 2 is 1.94 bits per heavy atom. The number of carbonyl (C=O) groups excluding carboxylic acids is 3. The summed E-state index contributed by atoms with van der Waals surface area (Å²) in [4.78, 5) is 37.5. The van der Waals surface area contributed by atoms with Gasteiger partial charge in [0.05, 0.1) is 31.4 Å². The van der Waals surface area contributed by atoms with Crippen molar-refractivity contribution in [3.63, 3.8) is 0 Å². The van der Waals surface area contributed by atoms with Crippen LogP contribution in [0.1, 0.15) is 48.3 Å². The first kappa shape index (κ1) is 24.0. The number of ether oxygens (including phenoxy) is 2. The maximum atomic E-state index is 12.7. The molecule has 0 aliphatic carbocycles. The Labute approximate surface area is 203 Å². The number of nitrogens with one attached hydrogen (secondary N) is 2. The highest BCUT2D eigenvalue weighted by molar-refractivity contribution is 6.04. The molecule has 2 amide bonds. The molecule has 9 heteroatoms. The first-order valence-corrected chi connectivity index (χ1v) is 11.5. The molecule has 0 saturated carbocycles. The Hall–Kier alpha value is -4.14. The second-order valence-corrected chi connectivity index (χ2v) is 8.31. The van der Waals surface area contributed by atoms with Crippen LogP contribution in [-0.2, 0) is 14.3 Å². The molecular weight excluding hydrogens is 448 g/mol. The summed E-state index contributed by atoms with van der Waals surface area (Å²) < 4.78 is 12.1. The average molecular weight is 477 g/mol. The topological polar surface area (TPSA) is 112 Å². The Balaban J connectivity index is 1.44. The van der Waals surface area contributed by atoms with Gasteiger partial charge < -0.3 is 20.1 Å². The minimum atomic E-state index is -0.768. The van der Waals surface area contributed by atoms with Gasteiger partial charge in [-0.2, -0.15) is 5.10 Å². The lowest BCUT2D eigenvalue weighted by molar-refractivity contribution is -0.123. The van der Waals surface area contributed by atoms with Crippen LogP contribution in [0.2, 0.25) is 0 Å². The van der Waals surface area contributed by atoms with Gasteiger partial charge in [0.25, 0.3) is 5.91 Å². The van der Waals surface area contributed by atoms with E-state index in [1.165, 1.54) is 0 Å². The predicted molar refractivity (Wildman–Crippen MR) is 131 cm³/mol. The van der Waals surface area contributed by atoms with Crippen molar-refractivity contribution in [2.75, 3.05) is 24.4 Å². The van der Waals surface area contributed by atoms with E-state index in [-0.39, 0.29) is 18.2 Å². The highest BCUT2D eigenvalue weighted by Gasteiger charge is 2.36. The van der Waals surface area contributed by atoms with Gasteiger partial charge in [-0.05, 0) is 55.3 Å². The summed E-state index contributed by atoms with van der Waals surface area (Å²) >= 11 is 0. The molecule has 0 spiro atoms. The van der Waals surface area contributed by atoms with Crippen LogP contribution >= 0.6 is 0 Å². The summed E-state index contributed by atoms with van der Waals surface area (Å²) in [5.41, 5.74) is 3.33. The van der Waals surface area contributed by atoms with E-state index < -0.39 is 12.0 Å². The van der Waals surface area contributed by atoms with Gasteiger partial charge in [-0.3, -0.25) is 9.59 Å². The van der Waals surface area contributed by atoms with Gasteiger partial charge in [-0.15, -0.1) is 0 Å². The van der Waals surface area contributed by atoms with Crippen LogP contribution in [0.4, 0.5) is 11.5 Å². The summed E-state index contributed by atoms with van der Waals surface area (Å²) in [5, 5.41) is 10.2. The first-order chi connectivity index (χ1) is 16.9. The van der Waals surface area contributed by atoms with E-state index in [0.29, 0.717) is 29.4 Å². The first-order valence-electron chi connectivity index (χ1n) is 11.5. The Morgan fingerprint density at radius 1 is 1.17 bits per heavy atom. The third kappa shape index (κ3) is 5.18. The van der Waals surface area contributed by atoms with Crippen molar-refractivity contribution in [2.45, 2.75) is 39.2 Å². The van der Waals surface area contributed by atoms with Crippen molar-refractivity contribution < 1.29 is 23.9 Å². The van der Waals surface area contributed by atoms with E-state index in [2.05, 4.69) is 15.7 Å². The predicted octanol–water partition coefficient (Wildman–Crippen LogP) is 4.35. The van der Waals surface area contributed by atoms with Crippen molar-refractivity contribution in [2.24, 2.45) is 0 Å². The van der Waals surface area contributed by atoms with Gasteiger partial charge in [0, 0.05) is 11.3 Å². The highest BCUT2D eigenvalue weighted by Crippen LogP contribution is 2.39. The molecule has 1 unspecified atom stereocenters. The number of benzene rings is 2. The minimum Gasteiger partial charge on any atom is -0.497 e. The normalized spacial score (nSPS) is 14.3. The van der Waals surface area contributed by atoms with E-state index in [9.17, 15) is 14.4 Å². The summed E-state index contributed by atoms with van der Waals surface area (Å²) in [6, 6.07) is 13.2. The molecule has 3 aromatic rings. The van der Waals surface area contributed by atoms with Crippen molar-refractivity contribution in [3.05, 3.63) is 59.8 Å². The van der Waals surface area contributed by atoms with E-state index in [4.69, 9.17) is 9.47 Å². The molecule has 2 heterocycles. The monoisotopic (exact) mass is 476 g/mol. The van der Waals surface area contributed by atoms with Crippen LogP contribution in [0, 0.1) is 6.92 Å². The molecule has 1 atom stereocenters. The molecular formula is C26H28N4O5. The Bertz CT molecular complexity index is 1250. The Morgan fingerprint density at radius 3 is 2.66 bits per heavy atom. The number of hydrogen-bond acceptors (Lipinski definition) is 6. The van der Waals surface area contributed by atoms with Crippen LogP contribution < -0.4 is 15.4 Å². The maximum Gasteiger partial charge on any atom is 0.338 e. The summed E-state index contributed by atoms with van der Waals surface area (Å²) in [6.45, 7) is 4.26. The van der Waals surface area contributed by atoms with Crippen molar-refractivity contribution in [1.82, 2.24) is 9.78 Å². The molecule has 0 bridgehead atoms. The molecule has 0 saturated heterocycles. The fourth-order valence-corrected chi connectivity index (χ4v) is 3.98.